The minimum atomic E-state index is -0.330. The fourth-order valence-electron chi connectivity index (χ4n) is 1.01. The lowest BCUT2D eigenvalue weighted by atomic mass is 10.3. The number of carbonyl (C=O) groups excluding carboxylic acids is 1. The van der Waals surface area contributed by atoms with E-state index in [0.29, 0.717) is 18.8 Å². The molecule has 1 rings (SSSR count). The van der Waals surface area contributed by atoms with Crippen molar-refractivity contribution in [3.05, 3.63) is 30.1 Å². The van der Waals surface area contributed by atoms with Crippen LogP contribution in [0.2, 0.25) is 0 Å². The molecule has 0 spiro atoms. The van der Waals surface area contributed by atoms with Crippen LogP contribution in [0.5, 0.6) is 0 Å². The second-order valence-electron chi connectivity index (χ2n) is 3.03. The number of hydrogen-bond acceptors (Lipinski definition) is 2. The predicted octanol–water partition coefficient (Wildman–Crippen LogP) is 1.72. The molecule has 0 saturated heterocycles. The highest BCUT2D eigenvalue weighted by atomic mass is 35.5. The van der Waals surface area contributed by atoms with Gasteiger partial charge in [0.1, 0.15) is 5.82 Å². The zero-order chi connectivity index (χ0) is 11.1. The van der Waals surface area contributed by atoms with Crippen molar-refractivity contribution in [3.8, 4) is 0 Å². The maximum atomic E-state index is 12.5. The fraction of sp³-hybridized carbons (Fsp3) is 0.300. The maximum absolute atomic E-state index is 12.5. The molecule has 0 aliphatic carbocycles. The van der Waals surface area contributed by atoms with Gasteiger partial charge in [0.05, 0.1) is 0 Å². The van der Waals surface area contributed by atoms with Crippen molar-refractivity contribution < 1.29 is 9.18 Å². The van der Waals surface area contributed by atoms with Gasteiger partial charge in [0.15, 0.2) is 0 Å². The van der Waals surface area contributed by atoms with Gasteiger partial charge in [0.2, 0.25) is 0 Å². The Morgan fingerprint density at radius 3 is 2.50 bits per heavy atom. The summed E-state index contributed by atoms with van der Waals surface area (Å²) in [6, 6.07) is 5.26. The Kier molecular flexibility index (Phi) is 7.24. The van der Waals surface area contributed by atoms with Crippen molar-refractivity contribution in [1.29, 1.82) is 0 Å². The van der Waals surface area contributed by atoms with E-state index in [-0.39, 0.29) is 24.3 Å². The molecule has 0 heterocycles. The average Bonchev–Trinajstić information content (AvgIpc) is 2.22. The third-order valence-electron chi connectivity index (χ3n) is 1.77. The molecular formula is C10H15ClFN3O. The molecule has 1 aromatic rings. The van der Waals surface area contributed by atoms with Crippen LogP contribution >= 0.6 is 12.4 Å². The third kappa shape index (κ3) is 5.53. The van der Waals surface area contributed by atoms with Crippen LogP contribution in [0.1, 0.15) is 6.42 Å². The molecule has 90 valence electrons. The summed E-state index contributed by atoms with van der Waals surface area (Å²) >= 11 is 0. The minimum absolute atomic E-state index is 0. The molecular weight excluding hydrogens is 233 g/mol. The summed E-state index contributed by atoms with van der Waals surface area (Å²) in [5, 5.41) is 5.19. The zero-order valence-electron chi connectivity index (χ0n) is 8.70. The summed E-state index contributed by atoms with van der Waals surface area (Å²) in [6.07, 6.45) is 0.733. The van der Waals surface area contributed by atoms with Crippen LogP contribution in [-0.4, -0.2) is 19.1 Å². The quantitative estimate of drug-likeness (QED) is 0.710. The van der Waals surface area contributed by atoms with E-state index in [0.717, 1.165) is 6.42 Å². The highest BCUT2D eigenvalue weighted by Crippen LogP contribution is 2.07. The molecule has 1 aromatic carbocycles. The molecule has 16 heavy (non-hydrogen) atoms. The summed E-state index contributed by atoms with van der Waals surface area (Å²) in [7, 11) is 0. The Morgan fingerprint density at radius 1 is 1.31 bits per heavy atom. The van der Waals surface area contributed by atoms with Crippen LogP contribution in [0, 0.1) is 5.82 Å². The van der Waals surface area contributed by atoms with Gasteiger partial charge in [-0.3, -0.25) is 0 Å². The van der Waals surface area contributed by atoms with Crippen LogP contribution in [0.25, 0.3) is 0 Å². The molecule has 0 radical (unpaired) electrons. The topological polar surface area (TPSA) is 67.1 Å². The summed E-state index contributed by atoms with van der Waals surface area (Å²) in [6.45, 7) is 1.07. The molecule has 0 aromatic heterocycles. The van der Waals surface area contributed by atoms with Gasteiger partial charge in [0, 0.05) is 12.2 Å². The molecule has 4 nitrogen and oxygen atoms in total. The van der Waals surface area contributed by atoms with Gasteiger partial charge in [-0.2, -0.15) is 0 Å². The zero-order valence-corrected chi connectivity index (χ0v) is 9.52. The van der Waals surface area contributed by atoms with Gasteiger partial charge < -0.3 is 16.4 Å². The van der Waals surface area contributed by atoms with Gasteiger partial charge >= 0.3 is 6.03 Å². The Labute approximate surface area is 99.8 Å². The lowest BCUT2D eigenvalue weighted by Gasteiger charge is -2.06. The smallest absolute Gasteiger partial charge is 0.319 e. The first-order valence-corrected chi connectivity index (χ1v) is 4.73. The van der Waals surface area contributed by atoms with E-state index < -0.39 is 0 Å². The standard InChI is InChI=1S/C10H14FN3O.ClH/c11-8-2-4-9(5-3-8)14-10(15)13-7-1-6-12;/h2-5H,1,6-7,12H2,(H2,13,14,15);1H. The number of rotatable bonds is 4. The average molecular weight is 248 g/mol. The van der Waals surface area contributed by atoms with Crippen molar-refractivity contribution in [1.82, 2.24) is 5.32 Å². The second-order valence-corrected chi connectivity index (χ2v) is 3.03. The monoisotopic (exact) mass is 247 g/mol. The number of nitrogens with one attached hydrogen (secondary N) is 2. The molecule has 0 saturated carbocycles. The van der Waals surface area contributed by atoms with Crippen LogP contribution in [-0.2, 0) is 0 Å². The summed E-state index contributed by atoms with van der Waals surface area (Å²) in [5.74, 6) is -0.330. The van der Waals surface area contributed by atoms with Gasteiger partial charge in [-0.1, -0.05) is 0 Å². The highest BCUT2D eigenvalue weighted by Gasteiger charge is 1.99. The Morgan fingerprint density at radius 2 is 1.94 bits per heavy atom. The highest BCUT2D eigenvalue weighted by molar-refractivity contribution is 5.89. The number of halogens is 2. The van der Waals surface area contributed by atoms with Crippen molar-refractivity contribution >= 4 is 24.1 Å². The van der Waals surface area contributed by atoms with Gasteiger partial charge in [-0.05, 0) is 37.2 Å². The van der Waals surface area contributed by atoms with Gasteiger partial charge in [-0.25, -0.2) is 9.18 Å². The molecule has 0 fully saturated rings. The van der Waals surface area contributed by atoms with Crippen LogP contribution < -0.4 is 16.4 Å². The molecule has 4 N–H and O–H groups in total. The SMILES string of the molecule is Cl.NCCCNC(=O)Nc1ccc(F)cc1. The van der Waals surface area contributed by atoms with E-state index >= 15 is 0 Å². The van der Waals surface area contributed by atoms with Gasteiger partial charge in [-0.15, -0.1) is 12.4 Å². The molecule has 0 unspecified atom stereocenters. The summed E-state index contributed by atoms with van der Waals surface area (Å²) in [5.41, 5.74) is 5.83. The largest absolute Gasteiger partial charge is 0.338 e. The number of amides is 2. The molecule has 6 heteroatoms. The van der Waals surface area contributed by atoms with E-state index in [4.69, 9.17) is 5.73 Å². The van der Waals surface area contributed by atoms with E-state index in [2.05, 4.69) is 10.6 Å². The number of benzene rings is 1. The molecule has 0 aliphatic rings. The lowest BCUT2D eigenvalue weighted by molar-refractivity contribution is 0.252. The number of anilines is 1. The number of carbonyl (C=O) groups is 1. The third-order valence-corrected chi connectivity index (χ3v) is 1.77. The molecule has 0 aliphatic heterocycles. The van der Waals surface area contributed by atoms with E-state index in [1.807, 2.05) is 0 Å². The van der Waals surface area contributed by atoms with Gasteiger partial charge in [0.25, 0.3) is 0 Å². The van der Waals surface area contributed by atoms with Crippen molar-refractivity contribution in [3.63, 3.8) is 0 Å². The van der Waals surface area contributed by atoms with Crippen LogP contribution in [0.15, 0.2) is 24.3 Å². The summed E-state index contributed by atoms with van der Waals surface area (Å²) < 4.78 is 12.5. The second kappa shape index (κ2) is 7.90. The van der Waals surface area contributed by atoms with Crippen LogP contribution in [0.3, 0.4) is 0 Å². The van der Waals surface area contributed by atoms with Crippen molar-refractivity contribution in [2.75, 3.05) is 18.4 Å². The fourth-order valence-corrected chi connectivity index (χ4v) is 1.01. The van der Waals surface area contributed by atoms with Crippen LogP contribution in [0.4, 0.5) is 14.9 Å². The number of hydrogen-bond donors (Lipinski definition) is 3. The predicted molar refractivity (Wildman–Crippen MR) is 64.3 cm³/mol. The lowest BCUT2D eigenvalue weighted by Crippen LogP contribution is -2.30. The molecule has 0 atom stereocenters. The molecule has 2 amide bonds. The van der Waals surface area contributed by atoms with Crippen molar-refractivity contribution in [2.45, 2.75) is 6.42 Å². The number of nitrogens with two attached hydrogens (primary N) is 1. The van der Waals surface area contributed by atoms with E-state index in [9.17, 15) is 9.18 Å². The first-order valence-electron chi connectivity index (χ1n) is 4.73. The maximum Gasteiger partial charge on any atom is 0.319 e. The Bertz CT molecular complexity index is 318. The normalized spacial score (nSPS) is 9.12. The first kappa shape index (κ1) is 14.7. The summed E-state index contributed by atoms with van der Waals surface area (Å²) in [4.78, 5) is 11.2. The Hall–Kier alpha value is -1.33. The molecule has 0 bridgehead atoms. The minimum Gasteiger partial charge on any atom is -0.338 e. The van der Waals surface area contributed by atoms with Crippen molar-refractivity contribution in [2.24, 2.45) is 5.73 Å². The first-order chi connectivity index (χ1) is 7.22. The van der Waals surface area contributed by atoms with E-state index in [1.165, 1.54) is 24.3 Å². The Balaban J connectivity index is 0.00000225. The van der Waals surface area contributed by atoms with E-state index in [1.54, 1.807) is 0 Å². The number of urea groups is 1.